The third-order valence-corrected chi connectivity index (χ3v) is 5.71. The van der Waals surface area contributed by atoms with E-state index in [4.69, 9.17) is 0 Å². The van der Waals surface area contributed by atoms with E-state index in [1.165, 1.54) is 0 Å². The molecule has 33 heavy (non-hydrogen) atoms. The average Bonchev–Trinajstić information content (AvgIpc) is 2.84. The maximum absolute atomic E-state index is 12.3. The van der Waals surface area contributed by atoms with Crippen molar-refractivity contribution in [2.75, 3.05) is 26.2 Å². The fraction of sp³-hybridized carbons (Fsp3) is 0.214. The number of hydrogen-bond acceptors (Lipinski definition) is 3. The number of carbonyl (C=O) groups excluding carboxylic acids is 2. The minimum atomic E-state index is 0.0107. The summed E-state index contributed by atoms with van der Waals surface area (Å²) in [6.45, 7) is 2.40. The van der Waals surface area contributed by atoms with Gasteiger partial charge in [0.25, 0.3) is 0 Å². The predicted octanol–water partition coefficient (Wildman–Crippen LogP) is 3.60. The summed E-state index contributed by atoms with van der Waals surface area (Å²) >= 11 is 0. The van der Waals surface area contributed by atoms with Crippen LogP contribution in [0.15, 0.2) is 84.9 Å². The Bertz CT molecular complexity index is 1140. The van der Waals surface area contributed by atoms with Crippen LogP contribution in [-0.4, -0.2) is 38.0 Å². The second-order valence-corrected chi connectivity index (χ2v) is 8.08. The van der Waals surface area contributed by atoms with Crippen LogP contribution >= 0.6 is 0 Å². The quantitative estimate of drug-likeness (QED) is 0.331. The van der Waals surface area contributed by atoms with E-state index in [0.29, 0.717) is 39.0 Å². The highest BCUT2D eigenvalue weighted by molar-refractivity contribution is 5.91. The van der Waals surface area contributed by atoms with Gasteiger partial charge in [0.15, 0.2) is 0 Å². The molecule has 0 fully saturated rings. The first kappa shape index (κ1) is 22.5. The van der Waals surface area contributed by atoms with Gasteiger partial charge in [-0.2, -0.15) is 0 Å². The molecule has 4 rings (SSSR count). The predicted molar refractivity (Wildman–Crippen MR) is 134 cm³/mol. The lowest BCUT2D eigenvalue weighted by molar-refractivity contribution is -0.121. The number of nitrogens with one attached hydrogen (secondary N) is 3. The van der Waals surface area contributed by atoms with E-state index in [-0.39, 0.29) is 11.8 Å². The Hall–Kier alpha value is -3.70. The molecule has 0 aliphatic rings. The lowest BCUT2D eigenvalue weighted by Crippen LogP contribution is -2.37. The minimum absolute atomic E-state index is 0.0107. The van der Waals surface area contributed by atoms with E-state index in [1.54, 1.807) is 0 Å². The summed E-state index contributed by atoms with van der Waals surface area (Å²) in [6, 6.07) is 28.3. The largest absolute Gasteiger partial charge is 0.355 e. The number of fused-ring (bicyclic) bond motifs is 2. The maximum atomic E-state index is 12.3. The molecule has 0 bridgehead atoms. The summed E-state index contributed by atoms with van der Waals surface area (Å²) in [7, 11) is 0. The van der Waals surface area contributed by atoms with Crippen LogP contribution in [0.2, 0.25) is 0 Å². The van der Waals surface area contributed by atoms with Crippen molar-refractivity contribution in [2.24, 2.45) is 0 Å². The monoisotopic (exact) mass is 439 g/mol. The highest BCUT2D eigenvalue weighted by Crippen LogP contribution is 2.19. The van der Waals surface area contributed by atoms with Crippen LogP contribution in [0.25, 0.3) is 21.5 Å². The topological polar surface area (TPSA) is 70.2 Å². The van der Waals surface area contributed by atoms with E-state index >= 15 is 0 Å². The van der Waals surface area contributed by atoms with Crippen LogP contribution in [0.1, 0.15) is 11.1 Å². The van der Waals surface area contributed by atoms with Crippen LogP contribution in [0.3, 0.4) is 0 Å². The Labute approximate surface area is 194 Å². The first-order chi connectivity index (χ1) is 16.2. The fourth-order valence-corrected chi connectivity index (χ4v) is 4.07. The Morgan fingerprint density at radius 3 is 1.42 bits per heavy atom. The molecule has 0 heterocycles. The molecule has 4 aromatic rings. The van der Waals surface area contributed by atoms with Crippen molar-refractivity contribution in [1.29, 1.82) is 0 Å². The molecule has 0 aromatic heterocycles. The number of amides is 2. The van der Waals surface area contributed by atoms with Gasteiger partial charge in [0.2, 0.25) is 11.8 Å². The summed E-state index contributed by atoms with van der Waals surface area (Å²) in [5.74, 6) is 0.0214. The van der Waals surface area contributed by atoms with Gasteiger partial charge in [-0.3, -0.25) is 9.59 Å². The smallest absolute Gasteiger partial charge is 0.224 e. The Morgan fingerprint density at radius 1 is 0.515 bits per heavy atom. The molecular formula is C28H29N3O2. The molecule has 5 nitrogen and oxygen atoms in total. The SMILES string of the molecule is O=C(Cc1cccc2ccccc12)NCCNCCNC(=O)Cc1cccc2ccccc12. The van der Waals surface area contributed by atoms with Crippen molar-refractivity contribution in [3.63, 3.8) is 0 Å². The zero-order chi connectivity index (χ0) is 22.9. The number of benzene rings is 4. The van der Waals surface area contributed by atoms with Crippen LogP contribution in [-0.2, 0) is 22.4 Å². The molecule has 3 N–H and O–H groups in total. The van der Waals surface area contributed by atoms with E-state index in [2.05, 4.69) is 40.2 Å². The van der Waals surface area contributed by atoms with Crippen molar-refractivity contribution < 1.29 is 9.59 Å². The van der Waals surface area contributed by atoms with Crippen LogP contribution < -0.4 is 16.0 Å². The molecule has 0 spiro atoms. The zero-order valence-electron chi connectivity index (χ0n) is 18.6. The Kier molecular flexibility index (Phi) is 7.67. The number of carbonyl (C=O) groups is 2. The zero-order valence-corrected chi connectivity index (χ0v) is 18.6. The van der Waals surface area contributed by atoms with Gasteiger partial charge in [-0.1, -0.05) is 84.9 Å². The molecule has 0 aliphatic carbocycles. The molecule has 168 valence electrons. The second-order valence-electron chi connectivity index (χ2n) is 8.08. The molecule has 4 aromatic carbocycles. The summed E-state index contributed by atoms with van der Waals surface area (Å²) in [6.07, 6.45) is 0.733. The molecule has 2 amide bonds. The molecule has 0 radical (unpaired) electrons. The van der Waals surface area contributed by atoms with Gasteiger partial charge in [-0.05, 0) is 32.7 Å². The van der Waals surface area contributed by atoms with Gasteiger partial charge < -0.3 is 16.0 Å². The molecule has 0 atom stereocenters. The first-order valence-electron chi connectivity index (χ1n) is 11.4. The summed E-state index contributed by atoms with van der Waals surface area (Å²) in [5, 5.41) is 13.7. The summed E-state index contributed by atoms with van der Waals surface area (Å²) in [4.78, 5) is 24.6. The van der Waals surface area contributed by atoms with Gasteiger partial charge >= 0.3 is 0 Å². The normalized spacial score (nSPS) is 10.9. The molecule has 5 heteroatoms. The van der Waals surface area contributed by atoms with Crippen LogP contribution in [0.5, 0.6) is 0 Å². The van der Waals surface area contributed by atoms with Gasteiger partial charge in [0, 0.05) is 26.2 Å². The minimum Gasteiger partial charge on any atom is -0.355 e. The molecule has 0 unspecified atom stereocenters. The molecule has 0 saturated heterocycles. The lowest BCUT2D eigenvalue weighted by Gasteiger charge is -2.10. The Balaban J connectivity index is 1.12. The van der Waals surface area contributed by atoms with Gasteiger partial charge in [0.05, 0.1) is 12.8 Å². The molecule has 0 aliphatic heterocycles. The van der Waals surface area contributed by atoms with E-state index < -0.39 is 0 Å². The second kappa shape index (κ2) is 11.2. The van der Waals surface area contributed by atoms with Crippen molar-refractivity contribution in [3.8, 4) is 0 Å². The van der Waals surface area contributed by atoms with Gasteiger partial charge in [-0.15, -0.1) is 0 Å². The van der Waals surface area contributed by atoms with Gasteiger partial charge in [0.1, 0.15) is 0 Å². The number of hydrogen-bond donors (Lipinski definition) is 3. The van der Waals surface area contributed by atoms with E-state index in [1.807, 2.05) is 60.7 Å². The standard InChI is InChI=1S/C28H29N3O2/c32-27(19-23-11-5-9-21-7-1-3-13-25(21)23)30-17-15-29-16-18-31-28(33)20-24-12-6-10-22-8-2-4-14-26(22)24/h1-14,29H,15-20H2,(H,30,32)(H,31,33). The lowest BCUT2D eigenvalue weighted by atomic mass is 10.0. The van der Waals surface area contributed by atoms with E-state index in [0.717, 1.165) is 32.7 Å². The van der Waals surface area contributed by atoms with Crippen molar-refractivity contribution in [3.05, 3.63) is 96.1 Å². The molecular weight excluding hydrogens is 410 g/mol. The molecule has 0 saturated carbocycles. The van der Waals surface area contributed by atoms with Crippen LogP contribution in [0.4, 0.5) is 0 Å². The summed E-state index contributed by atoms with van der Waals surface area (Å²) in [5.41, 5.74) is 2.07. The highest BCUT2D eigenvalue weighted by atomic mass is 16.2. The van der Waals surface area contributed by atoms with Gasteiger partial charge in [-0.25, -0.2) is 0 Å². The van der Waals surface area contributed by atoms with Crippen molar-refractivity contribution in [1.82, 2.24) is 16.0 Å². The first-order valence-corrected chi connectivity index (χ1v) is 11.4. The fourth-order valence-electron chi connectivity index (χ4n) is 4.07. The third-order valence-electron chi connectivity index (χ3n) is 5.71. The van der Waals surface area contributed by atoms with Crippen molar-refractivity contribution >= 4 is 33.4 Å². The van der Waals surface area contributed by atoms with E-state index in [9.17, 15) is 9.59 Å². The maximum Gasteiger partial charge on any atom is 0.224 e. The number of rotatable bonds is 10. The third kappa shape index (κ3) is 6.18. The average molecular weight is 440 g/mol. The summed E-state index contributed by atoms with van der Waals surface area (Å²) < 4.78 is 0. The Morgan fingerprint density at radius 2 is 0.939 bits per heavy atom. The highest BCUT2D eigenvalue weighted by Gasteiger charge is 2.07. The van der Waals surface area contributed by atoms with Crippen LogP contribution in [0, 0.1) is 0 Å². The van der Waals surface area contributed by atoms with Crippen molar-refractivity contribution in [2.45, 2.75) is 12.8 Å².